The van der Waals surface area contributed by atoms with Gasteiger partial charge in [0.2, 0.25) is 0 Å². The van der Waals surface area contributed by atoms with Gasteiger partial charge in [0.25, 0.3) is 0 Å². The van der Waals surface area contributed by atoms with E-state index >= 15 is 0 Å². The van der Waals surface area contributed by atoms with E-state index in [2.05, 4.69) is 36.2 Å². The Hall–Kier alpha value is -1.67. The summed E-state index contributed by atoms with van der Waals surface area (Å²) in [5.74, 6) is 0. The fraction of sp³-hybridized carbons (Fsp3) is 0.154. The summed E-state index contributed by atoms with van der Waals surface area (Å²) >= 11 is 0. The maximum Gasteiger partial charge on any atom is 0.0318 e. The Morgan fingerprint density at radius 2 is 2.13 bits per heavy atom. The molecule has 1 aromatic carbocycles. The van der Waals surface area contributed by atoms with Crippen molar-refractivity contribution in [2.45, 2.75) is 13.5 Å². The van der Waals surface area contributed by atoms with Gasteiger partial charge in [-0.05, 0) is 29.7 Å². The second-order valence-corrected chi connectivity index (χ2v) is 3.61. The predicted octanol–water partition coefficient (Wildman–Crippen LogP) is 2.52. The number of rotatable bonds is 2. The van der Waals surface area contributed by atoms with E-state index in [-0.39, 0.29) is 0 Å². The molecule has 0 aliphatic heterocycles. The van der Waals surface area contributed by atoms with Gasteiger partial charge in [-0.2, -0.15) is 0 Å². The SMILES string of the molecule is Cc1cccc(-c2ccncc2CN)c1. The van der Waals surface area contributed by atoms with Crippen LogP contribution in [0.15, 0.2) is 42.7 Å². The number of pyridine rings is 1. The summed E-state index contributed by atoms with van der Waals surface area (Å²) in [7, 11) is 0. The molecule has 0 aliphatic rings. The van der Waals surface area contributed by atoms with Crippen molar-refractivity contribution in [3.05, 3.63) is 53.9 Å². The molecule has 0 saturated carbocycles. The molecule has 0 unspecified atom stereocenters. The van der Waals surface area contributed by atoms with Crippen LogP contribution in [0.2, 0.25) is 0 Å². The van der Waals surface area contributed by atoms with Gasteiger partial charge in [0.1, 0.15) is 0 Å². The van der Waals surface area contributed by atoms with Crippen molar-refractivity contribution in [1.29, 1.82) is 0 Å². The second-order valence-electron chi connectivity index (χ2n) is 3.61. The predicted molar refractivity (Wildman–Crippen MR) is 62.3 cm³/mol. The van der Waals surface area contributed by atoms with Crippen molar-refractivity contribution >= 4 is 0 Å². The molecule has 0 spiro atoms. The Kier molecular flexibility index (Phi) is 2.79. The van der Waals surface area contributed by atoms with E-state index in [9.17, 15) is 0 Å². The van der Waals surface area contributed by atoms with Crippen LogP contribution >= 0.6 is 0 Å². The molecule has 76 valence electrons. The molecule has 0 bridgehead atoms. The second kappa shape index (κ2) is 4.24. The average molecular weight is 198 g/mol. The summed E-state index contributed by atoms with van der Waals surface area (Å²) < 4.78 is 0. The maximum atomic E-state index is 5.69. The molecule has 1 aromatic heterocycles. The molecule has 0 radical (unpaired) electrons. The minimum atomic E-state index is 0.525. The summed E-state index contributed by atoms with van der Waals surface area (Å²) in [5, 5.41) is 0. The van der Waals surface area contributed by atoms with Gasteiger partial charge in [-0.1, -0.05) is 29.8 Å². The van der Waals surface area contributed by atoms with E-state index in [1.165, 1.54) is 16.7 Å². The molecular weight excluding hydrogens is 184 g/mol. The first-order valence-electron chi connectivity index (χ1n) is 5.01. The van der Waals surface area contributed by atoms with E-state index in [0.29, 0.717) is 6.54 Å². The van der Waals surface area contributed by atoms with Crippen molar-refractivity contribution in [2.75, 3.05) is 0 Å². The van der Waals surface area contributed by atoms with Crippen LogP contribution in [0.1, 0.15) is 11.1 Å². The molecule has 2 aromatic rings. The zero-order valence-corrected chi connectivity index (χ0v) is 8.77. The minimum absolute atomic E-state index is 0.525. The van der Waals surface area contributed by atoms with Crippen LogP contribution in [0.25, 0.3) is 11.1 Å². The Balaban J connectivity index is 2.53. The van der Waals surface area contributed by atoms with Gasteiger partial charge in [-0.3, -0.25) is 4.98 Å². The molecule has 2 rings (SSSR count). The van der Waals surface area contributed by atoms with Crippen LogP contribution in [-0.4, -0.2) is 4.98 Å². The molecular formula is C13H14N2. The van der Waals surface area contributed by atoms with Crippen molar-refractivity contribution in [3.63, 3.8) is 0 Å². The summed E-state index contributed by atoms with van der Waals surface area (Å²) in [6.45, 7) is 2.62. The summed E-state index contributed by atoms with van der Waals surface area (Å²) in [5.41, 5.74) is 10.4. The molecule has 2 N–H and O–H groups in total. The molecule has 1 heterocycles. The molecule has 15 heavy (non-hydrogen) atoms. The van der Waals surface area contributed by atoms with Crippen LogP contribution in [0, 0.1) is 6.92 Å². The van der Waals surface area contributed by atoms with Gasteiger partial charge in [-0.15, -0.1) is 0 Å². The lowest BCUT2D eigenvalue weighted by Gasteiger charge is -2.07. The highest BCUT2D eigenvalue weighted by atomic mass is 14.6. The Morgan fingerprint density at radius 1 is 1.27 bits per heavy atom. The van der Waals surface area contributed by atoms with E-state index in [4.69, 9.17) is 5.73 Å². The van der Waals surface area contributed by atoms with Gasteiger partial charge in [0, 0.05) is 18.9 Å². The summed E-state index contributed by atoms with van der Waals surface area (Å²) in [6, 6.07) is 10.4. The highest BCUT2D eigenvalue weighted by Gasteiger charge is 2.02. The van der Waals surface area contributed by atoms with Crippen LogP contribution < -0.4 is 5.73 Å². The first-order chi connectivity index (χ1) is 7.31. The average Bonchev–Trinajstić information content (AvgIpc) is 2.29. The quantitative estimate of drug-likeness (QED) is 0.805. The molecule has 2 heteroatoms. The number of benzene rings is 1. The number of aryl methyl sites for hydroxylation is 1. The van der Waals surface area contributed by atoms with Gasteiger partial charge in [0.15, 0.2) is 0 Å². The topological polar surface area (TPSA) is 38.9 Å². The number of aromatic nitrogens is 1. The molecule has 0 fully saturated rings. The minimum Gasteiger partial charge on any atom is -0.326 e. The van der Waals surface area contributed by atoms with E-state index in [1.807, 2.05) is 12.3 Å². The molecule has 0 aliphatic carbocycles. The van der Waals surface area contributed by atoms with Crippen LogP contribution in [0.3, 0.4) is 0 Å². The first kappa shape index (κ1) is 9.87. The number of hydrogen-bond donors (Lipinski definition) is 1. The Labute approximate surface area is 89.8 Å². The van der Waals surface area contributed by atoms with E-state index in [1.54, 1.807) is 6.20 Å². The van der Waals surface area contributed by atoms with Crippen LogP contribution in [-0.2, 0) is 6.54 Å². The maximum absolute atomic E-state index is 5.69. The van der Waals surface area contributed by atoms with Crippen molar-refractivity contribution in [1.82, 2.24) is 4.98 Å². The van der Waals surface area contributed by atoms with Gasteiger partial charge >= 0.3 is 0 Å². The Morgan fingerprint density at radius 3 is 2.87 bits per heavy atom. The van der Waals surface area contributed by atoms with E-state index in [0.717, 1.165) is 5.56 Å². The summed E-state index contributed by atoms with van der Waals surface area (Å²) in [4.78, 5) is 4.08. The molecule has 0 atom stereocenters. The molecule has 2 nitrogen and oxygen atoms in total. The Bertz CT molecular complexity index is 464. The smallest absolute Gasteiger partial charge is 0.0318 e. The fourth-order valence-corrected chi connectivity index (χ4v) is 1.68. The van der Waals surface area contributed by atoms with Crippen molar-refractivity contribution < 1.29 is 0 Å². The highest BCUT2D eigenvalue weighted by Crippen LogP contribution is 2.23. The fourth-order valence-electron chi connectivity index (χ4n) is 1.68. The monoisotopic (exact) mass is 198 g/mol. The molecule has 0 saturated heterocycles. The van der Waals surface area contributed by atoms with Crippen LogP contribution in [0.4, 0.5) is 0 Å². The number of nitrogens with two attached hydrogens (primary N) is 1. The largest absolute Gasteiger partial charge is 0.326 e. The third-order valence-corrected chi connectivity index (χ3v) is 2.45. The third kappa shape index (κ3) is 2.05. The lowest BCUT2D eigenvalue weighted by molar-refractivity contribution is 1.05. The van der Waals surface area contributed by atoms with Gasteiger partial charge in [-0.25, -0.2) is 0 Å². The zero-order valence-electron chi connectivity index (χ0n) is 8.77. The lowest BCUT2D eigenvalue weighted by atomic mass is 10.0. The first-order valence-corrected chi connectivity index (χ1v) is 5.01. The lowest BCUT2D eigenvalue weighted by Crippen LogP contribution is -1.99. The standard InChI is InChI=1S/C13H14N2/c1-10-3-2-4-11(7-10)13-5-6-15-9-12(13)8-14/h2-7,9H,8,14H2,1H3. The summed E-state index contributed by atoms with van der Waals surface area (Å²) in [6.07, 6.45) is 3.63. The zero-order chi connectivity index (χ0) is 10.7. The number of hydrogen-bond acceptors (Lipinski definition) is 2. The van der Waals surface area contributed by atoms with Crippen molar-refractivity contribution in [3.8, 4) is 11.1 Å². The van der Waals surface area contributed by atoms with E-state index < -0.39 is 0 Å². The van der Waals surface area contributed by atoms with Gasteiger partial charge < -0.3 is 5.73 Å². The third-order valence-electron chi connectivity index (χ3n) is 2.45. The van der Waals surface area contributed by atoms with Gasteiger partial charge in [0.05, 0.1) is 0 Å². The highest BCUT2D eigenvalue weighted by molar-refractivity contribution is 5.67. The molecule has 0 amide bonds. The van der Waals surface area contributed by atoms with Crippen molar-refractivity contribution in [2.24, 2.45) is 5.73 Å². The number of nitrogens with zero attached hydrogens (tertiary/aromatic N) is 1. The normalized spacial score (nSPS) is 10.3. The van der Waals surface area contributed by atoms with Crippen LogP contribution in [0.5, 0.6) is 0 Å².